The normalized spacial score (nSPS) is 13.9. The number of ketones is 2. The van der Waals surface area contributed by atoms with E-state index in [2.05, 4.69) is 15.6 Å². The van der Waals surface area contributed by atoms with Gasteiger partial charge in [0.25, 0.3) is 0 Å². The molecule has 9 nitrogen and oxygen atoms in total. The Balaban J connectivity index is 0.000000482. The second-order valence-corrected chi connectivity index (χ2v) is 12.4. The molecule has 3 aromatic rings. The summed E-state index contributed by atoms with van der Waals surface area (Å²) in [5.41, 5.74) is 1.82. The van der Waals surface area contributed by atoms with Crippen LogP contribution in [0.4, 0.5) is 35.1 Å². The van der Waals surface area contributed by atoms with E-state index in [0.717, 1.165) is 53.3 Å². The standard InChI is InChI=1S/C28H36F2N4O3S.C4F6O2/c29-22-8-4-5-19(25(22)30)11-14-31-16-13-24(36)34(21-6-2-1-3-7-21)18-17-32-15-12-20-9-10-23(35)26-27(20)38-28(37)33-26;5-3(6,7)1(11)2(12)4(8,9)10/h4-5,8-10,21,31-32,35H,1-3,6-7,11-18H2,(H,33,37);. The molecule has 1 aromatic heterocycles. The van der Waals surface area contributed by atoms with Gasteiger partial charge in [-0.05, 0) is 62.0 Å². The molecule has 0 bridgehead atoms. The van der Waals surface area contributed by atoms with Gasteiger partial charge in [-0.3, -0.25) is 19.2 Å². The van der Waals surface area contributed by atoms with Crippen molar-refractivity contribution in [1.29, 1.82) is 0 Å². The van der Waals surface area contributed by atoms with Crippen LogP contribution in [-0.2, 0) is 27.2 Å². The zero-order valence-electron chi connectivity index (χ0n) is 26.6. The number of carbonyl (C=O) groups is 3. The van der Waals surface area contributed by atoms with Crippen molar-refractivity contribution in [3.05, 3.63) is 62.8 Å². The lowest BCUT2D eigenvalue weighted by Gasteiger charge is -2.34. The van der Waals surface area contributed by atoms with Gasteiger partial charge in [-0.15, -0.1) is 0 Å². The number of H-pyrrole nitrogens is 1. The van der Waals surface area contributed by atoms with E-state index in [9.17, 15) is 59.4 Å². The minimum atomic E-state index is -5.77. The quantitative estimate of drug-likeness (QED) is 0.0998. The molecule has 0 atom stereocenters. The van der Waals surface area contributed by atoms with Crippen molar-refractivity contribution in [2.24, 2.45) is 0 Å². The Hall–Kier alpha value is -3.90. The van der Waals surface area contributed by atoms with Crippen LogP contribution in [0.15, 0.2) is 35.1 Å². The summed E-state index contributed by atoms with van der Waals surface area (Å²) in [4.78, 5) is 48.6. The largest absolute Gasteiger partial charge is 0.506 e. The number of benzene rings is 2. The van der Waals surface area contributed by atoms with E-state index in [-0.39, 0.29) is 22.6 Å². The Bertz CT molecular complexity index is 1640. The molecule has 1 amide bonds. The third-order valence-electron chi connectivity index (χ3n) is 7.91. The van der Waals surface area contributed by atoms with Gasteiger partial charge < -0.3 is 25.6 Å². The lowest BCUT2D eigenvalue weighted by Crippen LogP contribution is -2.45. The first-order valence-corrected chi connectivity index (χ1v) is 16.5. The zero-order valence-corrected chi connectivity index (χ0v) is 27.4. The van der Waals surface area contributed by atoms with E-state index in [4.69, 9.17) is 0 Å². The summed E-state index contributed by atoms with van der Waals surface area (Å²) >= 11 is 1.10. The number of fused-ring (bicyclic) bond motifs is 1. The number of aromatic nitrogens is 1. The van der Waals surface area contributed by atoms with Gasteiger partial charge in [-0.2, -0.15) is 26.3 Å². The first-order chi connectivity index (χ1) is 23.5. The molecule has 2 aromatic carbocycles. The van der Waals surface area contributed by atoms with Crippen molar-refractivity contribution in [3.8, 4) is 5.75 Å². The predicted octanol–water partition coefficient (Wildman–Crippen LogP) is 5.34. The number of nitrogens with zero attached hydrogens (tertiary/aromatic N) is 1. The Labute approximate surface area is 285 Å². The number of aromatic amines is 1. The number of hydrogen-bond acceptors (Lipinski definition) is 8. The fraction of sp³-hybridized carbons (Fsp3) is 0.500. The predicted molar refractivity (Wildman–Crippen MR) is 169 cm³/mol. The third kappa shape index (κ3) is 11.9. The molecule has 0 radical (unpaired) electrons. The lowest BCUT2D eigenvalue weighted by atomic mass is 9.94. The van der Waals surface area contributed by atoms with Gasteiger partial charge >= 0.3 is 28.8 Å². The molecular weight excluding hydrogens is 704 g/mol. The monoisotopic (exact) mass is 740 g/mol. The lowest BCUT2D eigenvalue weighted by molar-refractivity contribution is -0.193. The molecule has 18 heteroatoms. The van der Waals surface area contributed by atoms with Gasteiger partial charge in [0, 0.05) is 32.1 Å². The molecule has 1 saturated carbocycles. The van der Waals surface area contributed by atoms with Crippen molar-refractivity contribution in [1.82, 2.24) is 20.5 Å². The molecule has 0 saturated heterocycles. The van der Waals surface area contributed by atoms with Crippen molar-refractivity contribution >= 4 is 39.0 Å². The summed E-state index contributed by atoms with van der Waals surface area (Å²) in [6.07, 6.45) is -4.59. The summed E-state index contributed by atoms with van der Waals surface area (Å²) < 4.78 is 94.9. The number of hydrogen-bond donors (Lipinski definition) is 4. The van der Waals surface area contributed by atoms with Crippen LogP contribution in [0.1, 0.15) is 49.7 Å². The van der Waals surface area contributed by atoms with Crippen molar-refractivity contribution in [3.63, 3.8) is 0 Å². The summed E-state index contributed by atoms with van der Waals surface area (Å²) in [6.45, 7) is 2.94. The van der Waals surface area contributed by atoms with Crippen LogP contribution in [0, 0.1) is 11.6 Å². The number of halogens is 8. The first-order valence-electron chi connectivity index (χ1n) is 15.7. The number of amides is 1. The van der Waals surface area contributed by atoms with Crippen LogP contribution in [0.3, 0.4) is 0 Å². The van der Waals surface area contributed by atoms with Gasteiger partial charge in [-0.1, -0.05) is 48.8 Å². The highest BCUT2D eigenvalue weighted by Gasteiger charge is 2.54. The molecule has 1 heterocycles. The Morgan fingerprint density at radius 1 is 0.840 bits per heavy atom. The fourth-order valence-corrected chi connectivity index (χ4v) is 6.30. The number of phenolic OH excluding ortho intramolecular Hbond substituents is 1. The van der Waals surface area contributed by atoms with E-state index in [1.807, 2.05) is 11.0 Å². The third-order valence-corrected chi connectivity index (χ3v) is 8.87. The van der Waals surface area contributed by atoms with E-state index in [1.54, 1.807) is 12.1 Å². The van der Waals surface area contributed by atoms with Gasteiger partial charge in [0.05, 0.1) is 4.70 Å². The molecular formula is C32H36F8N4O5S. The Morgan fingerprint density at radius 3 is 2.06 bits per heavy atom. The first kappa shape index (κ1) is 40.5. The van der Waals surface area contributed by atoms with Crippen molar-refractivity contribution in [2.75, 3.05) is 32.7 Å². The summed E-state index contributed by atoms with van der Waals surface area (Å²) in [7, 11) is 0. The topological polar surface area (TPSA) is 132 Å². The minimum Gasteiger partial charge on any atom is -0.506 e. The molecule has 4 rings (SSSR count). The summed E-state index contributed by atoms with van der Waals surface area (Å²) in [5, 5.41) is 16.6. The van der Waals surface area contributed by atoms with Gasteiger partial charge in [0.2, 0.25) is 5.91 Å². The molecule has 4 N–H and O–H groups in total. The number of nitrogens with one attached hydrogen (secondary N) is 3. The smallest absolute Gasteiger partial charge is 0.458 e. The maximum atomic E-state index is 13.8. The van der Waals surface area contributed by atoms with Gasteiger partial charge in [0.15, 0.2) is 11.6 Å². The fourth-order valence-electron chi connectivity index (χ4n) is 5.41. The molecule has 0 unspecified atom stereocenters. The average Bonchev–Trinajstić information content (AvgIpc) is 3.47. The number of carbonyl (C=O) groups excluding carboxylic acids is 3. The SMILES string of the molecule is O=C(C(=O)C(F)(F)F)C(F)(F)F.O=C(CCNCCc1cccc(F)c1F)N(CCNCCc1ccc(O)c2[nH]c(=O)sc12)C1CCCCC1. The minimum absolute atomic E-state index is 0.0762. The maximum Gasteiger partial charge on any atom is 0.458 e. The Morgan fingerprint density at radius 2 is 1.44 bits per heavy atom. The van der Waals surface area contributed by atoms with Crippen molar-refractivity contribution in [2.45, 2.75) is 69.8 Å². The number of alkyl halides is 6. The van der Waals surface area contributed by atoms with Crippen LogP contribution in [0.5, 0.6) is 5.75 Å². The van der Waals surface area contributed by atoms with Crippen LogP contribution in [-0.4, -0.2) is 83.6 Å². The van der Waals surface area contributed by atoms with Crippen LogP contribution < -0.4 is 15.5 Å². The molecule has 1 fully saturated rings. The molecule has 276 valence electrons. The van der Waals surface area contributed by atoms with Crippen molar-refractivity contribution < 1.29 is 54.6 Å². The number of Topliss-reactive ketones (excluding diaryl/α,β-unsaturated/α-hetero) is 2. The van der Waals surface area contributed by atoms with Crippen LogP contribution in [0.2, 0.25) is 0 Å². The zero-order chi connectivity index (χ0) is 37.1. The number of aromatic hydroxyl groups is 1. The molecule has 1 aliphatic rings. The molecule has 0 spiro atoms. The average molecular weight is 741 g/mol. The van der Waals surface area contributed by atoms with E-state index in [0.29, 0.717) is 63.1 Å². The summed E-state index contributed by atoms with van der Waals surface area (Å²) in [5.74, 6) is -8.27. The maximum absolute atomic E-state index is 13.8. The second-order valence-electron chi connectivity index (χ2n) is 11.5. The highest BCUT2D eigenvalue weighted by molar-refractivity contribution is 7.16. The van der Waals surface area contributed by atoms with E-state index >= 15 is 0 Å². The van der Waals surface area contributed by atoms with E-state index < -0.39 is 35.6 Å². The van der Waals surface area contributed by atoms with Crippen LogP contribution >= 0.6 is 11.3 Å². The van der Waals surface area contributed by atoms with Gasteiger partial charge in [0.1, 0.15) is 11.3 Å². The van der Waals surface area contributed by atoms with E-state index in [1.165, 1.54) is 12.5 Å². The molecule has 50 heavy (non-hydrogen) atoms. The number of thiazole rings is 1. The van der Waals surface area contributed by atoms with Crippen LogP contribution in [0.25, 0.3) is 10.2 Å². The highest BCUT2D eigenvalue weighted by atomic mass is 32.1. The number of rotatable bonds is 14. The van der Waals surface area contributed by atoms with Gasteiger partial charge in [-0.25, -0.2) is 8.78 Å². The summed E-state index contributed by atoms with van der Waals surface area (Å²) in [6, 6.07) is 7.89. The number of phenols is 1. The molecule has 1 aliphatic carbocycles. The highest BCUT2D eigenvalue weighted by Crippen LogP contribution is 2.28. The Kier molecular flexibility index (Phi) is 14.9. The second kappa shape index (κ2) is 18.4. The molecule has 0 aliphatic heterocycles.